The highest BCUT2D eigenvalue weighted by molar-refractivity contribution is 7.90. The lowest BCUT2D eigenvalue weighted by Crippen LogP contribution is -2.48. The van der Waals surface area contributed by atoms with Crippen molar-refractivity contribution in [2.45, 2.75) is 44.9 Å². The summed E-state index contributed by atoms with van der Waals surface area (Å²) in [6.07, 6.45) is 0.230. The Morgan fingerprint density at radius 1 is 1.52 bits per heavy atom. The van der Waals surface area contributed by atoms with E-state index in [9.17, 15) is 9.35 Å². The fourth-order valence-electron chi connectivity index (χ4n) is 1.68. The lowest BCUT2D eigenvalue weighted by Gasteiger charge is -2.27. The molecule has 0 fully saturated rings. The molecule has 0 aliphatic heterocycles. The molecule has 1 aromatic rings. The Kier molecular flexibility index (Phi) is 7.54. The zero-order valence-electron chi connectivity index (χ0n) is 13.9. The number of pyridine rings is 1. The first kappa shape index (κ1) is 20.0. The number of aromatic nitrogens is 1. The molecular formula is C16H23ClN2O3S. The number of ether oxygens (including phenoxy) is 1. The van der Waals surface area contributed by atoms with Gasteiger partial charge in [-0.15, -0.1) is 4.72 Å². The molecule has 0 spiro atoms. The van der Waals surface area contributed by atoms with Crippen LogP contribution in [0.4, 0.5) is 0 Å². The first-order chi connectivity index (χ1) is 10.6. The van der Waals surface area contributed by atoms with E-state index in [0.717, 1.165) is 0 Å². The molecule has 0 aliphatic rings. The summed E-state index contributed by atoms with van der Waals surface area (Å²) in [5, 5.41) is 0.350. The van der Waals surface area contributed by atoms with Crippen LogP contribution < -0.4 is 4.72 Å². The van der Waals surface area contributed by atoms with Gasteiger partial charge in [0.1, 0.15) is 9.90 Å². The zero-order valence-corrected chi connectivity index (χ0v) is 15.5. The molecule has 0 saturated carbocycles. The van der Waals surface area contributed by atoms with Gasteiger partial charge in [0.15, 0.2) is 6.04 Å². The number of esters is 1. The highest BCUT2D eigenvalue weighted by atomic mass is 35.5. The molecule has 0 aliphatic carbocycles. The van der Waals surface area contributed by atoms with Gasteiger partial charge in [-0.25, -0.2) is 4.98 Å². The molecule has 0 aromatic carbocycles. The van der Waals surface area contributed by atoms with Crippen molar-refractivity contribution in [2.75, 3.05) is 6.61 Å². The van der Waals surface area contributed by atoms with Gasteiger partial charge in [-0.1, -0.05) is 24.2 Å². The smallest absolute Gasteiger partial charge is 0.328 e. The summed E-state index contributed by atoms with van der Waals surface area (Å²) >= 11 is 4.47. The summed E-state index contributed by atoms with van der Waals surface area (Å²) in [6, 6.07) is 4.42. The molecule has 0 radical (unpaired) electrons. The second-order valence-electron chi connectivity index (χ2n) is 5.96. The van der Waals surface area contributed by atoms with E-state index in [1.807, 2.05) is 20.8 Å². The van der Waals surface area contributed by atoms with Gasteiger partial charge in [-0.2, -0.15) is 0 Å². The molecule has 1 unspecified atom stereocenters. The van der Waals surface area contributed by atoms with Crippen molar-refractivity contribution >= 4 is 34.5 Å². The summed E-state index contributed by atoms with van der Waals surface area (Å²) in [5.41, 5.74) is 1.21. The van der Waals surface area contributed by atoms with E-state index in [1.165, 1.54) is 0 Å². The van der Waals surface area contributed by atoms with Gasteiger partial charge < -0.3 is 9.29 Å². The standard InChI is InChI=1S/C16H23ClN2O3S/c1-6-22-15(20)13(19-23(21)16(3,4)5)10-11(2)12-8-7-9-14(17)18-12/h7-9,13,19H,2,6,10H2,1,3-5H3/t13-,23?/m1/s1. The Balaban J connectivity index is 2.88. The van der Waals surface area contributed by atoms with Crippen LogP contribution in [-0.4, -0.2) is 32.9 Å². The quantitative estimate of drug-likeness (QED) is 0.460. The molecular weight excluding hydrogens is 336 g/mol. The van der Waals surface area contributed by atoms with Crippen LogP contribution in [0.15, 0.2) is 24.8 Å². The highest BCUT2D eigenvalue weighted by Crippen LogP contribution is 2.21. The fraction of sp³-hybridized carbons (Fsp3) is 0.500. The molecule has 0 bridgehead atoms. The van der Waals surface area contributed by atoms with Crippen LogP contribution in [-0.2, 0) is 20.9 Å². The molecule has 2 atom stereocenters. The second-order valence-corrected chi connectivity index (χ2v) is 8.34. The third kappa shape index (κ3) is 6.51. The third-order valence-corrected chi connectivity index (χ3v) is 4.73. The fourth-order valence-corrected chi connectivity index (χ4v) is 2.63. The van der Waals surface area contributed by atoms with Crippen LogP contribution >= 0.6 is 11.6 Å². The van der Waals surface area contributed by atoms with Gasteiger partial charge >= 0.3 is 5.97 Å². The van der Waals surface area contributed by atoms with E-state index < -0.39 is 28.1 Å². The van der Waals surface area contributed by atoms with E-state index in [1.54, 1.807) is 25.1 Å². The predicted molar refractivity (Wildman–Crippen MR) is 94.4 cm³/mol. The van der Waals surface area contributed by atoms with E-state index in [-0.39, 0.29) is 13.0 Å². The topological polar surface area (TPSA) is 74.3 Å². The van der Waals surface area contributed by atoms with Crippen LogP contribution in [0, 0.1) is 0 Å². The number of hydrogen-bond donors (Lipinski definition) is 1. The van der Waals surface area contributed by atoms with Crippen molar-refractivity contribution < 1.29 is 14.1 Å². The van der Waals surface area contributed by atoms with Gasteiger partial charge in [0.25, 0.3) is 0 Å². The molecule has 1 heterocycles. The number of hydrogen-bond acceptors (Lipinski definition) is 5. The first-order valence-corrected chi connectivity index (χ1v) is 8.83. The van der Waals surface area contributed by atoms with E-state index >= 15 is 0 Å². The normalized spacial score (nSPS) is 14.2. The molecule has 5 nitrogen and oxygen atoms in total. The summed E-state index contributed by atoms with van der Waals surface area (Å²) < 4.78 is 19.7. The van der Waals surface area contributed by atoms with Crippen molar-refractivity contribution in [3.8, 4) is 0 Å². The van der Waals surface area contributed by atoms with Crippen LogP contribution in [0.5, 0.6) is 0 Å². The van der Waals surface area contributed by atoms with Crippen molar-refractivity contribution in [3.05, 3.63) is 35.6 Å². The molecule has 0 amide bonds. The van der Waals surface area contributed by atoms with E-state index in [0.29, 0.717) is 16.4 Å². The van der Waals surface area contributed by atoms with E-state index in [2.05, 4.69) is 16.3 Å². The highest BCUT2D eigenvalue weighted by Gasteiger charge is 2.33. The van der Waals surface area contributed by atoms with Gasteiger partial charge in [-0.3, -0.25) is 4.79 Å². The summed E-state index contributed by atoms with van der Waals surface area (Å²) in [7, 11) is 0. The third-order valence-electron chi connectivity index (χ3n) is 2.90. The maximum absolute atomic E-state index is 12.3. The van der Waals surface area contributed by atoms with Crippen molar-refractivity contribution in [1.82, 2.24) is 9.71 Å². The summed E-state index contributed by atoms with van der Waals surface area (Å²) in [6.45, 7) is 11.4. The lowest BCUT2D eigenvalue weighted by molar-refractivity contribution is -0.144. The number of carbonyl (C=O) groups excluding carboxylic acids is 1. The van der Waals surface area contributed by atoms with Crippen molar-refractivity contribution in [2.24, 2.45) is 0 Å². The number of carbonyl (C=O) groups is 1. The second kappa shape index (κ2) is 8.68. The number of nitrogens with zero attached hydrogens (tertiary/aromatic N) is 1. The Bertz CT molecular complexity index is 561. The molecule has 1 rings (SSSR count). The van der Waals surface area contributed by atoms with Gasteiger partial charge in [0, 0.05) is 17.8 Å². The molecule has 1 N–H and O–H groups in total. The van der Waals surface area contributed by atoms with E-state index in [4.69, 9.17) is 16.3 Å². The van der Waals surface area contributed by atoms with Gasteiger partial charge in [0.2, 0.25) is 0 Å². The maximum atomic E-state index is 12.3. The molecule has 23 heavy (non-hydrogen) atoms. The number of rotatable bonds is 7. The van der Waals surface area contributed by atoms with Crippen molar-refractivity contribution in [3.63, 3.8) is 0 Å². The summed E-state index contributed by atoms with van der Waals surface area (Å²) in [5.74, 6) is -0.465. The predicted octanol–water partition coefficient (Wildman–Crippen LogP) is 3.12. The minimum atomic E-state index is -1.41. The van der Waals surface area contributed by atoms with Crippen LogP contribution in [0.1, 0.15) is 39.8 Å². The maximum Gasteiger partial charge on any atom is 0.328 e. The minimum absolute atomic E-state index is 0.230. The molecule has 1 aromatic heterocycles. The minimum Gasteiger partial charge on any atom is -0.598 e. The van der Waals surface area contributed by atoms with Crippen LogP contribution in [0.25, 0.3) is 5.57 Å². The Labute approximate surface area is 145 Å². The molecule has 0 saturated heterocycles. The largest absolute Gasteiger partial charge is 0.598 e. The van der Waals surface area contributed by atoms with Gasteiger partial charge in [0.05, 0.1) is 12.3 Å². The van der Waals surface area contributed by atoms with Crippen molar-refractivity contribution in [1.29, 1.82) is 0 Å². The first-order valence-electron chi connectivity index (χ1n) is 7.30. The molecule has 7 heteroatoms. The Morgan fingerprint density at radius 2 is 2.17 bits per heavy atom. The van der Waals surface area contributed by atoms with Crippen LogP contribution in [0.2, 0.25) is 5.15 Å². The Hall–Kier alpha value is -1.08. The monoisotopic (exact) mass is 358 g/mol. The average Bonchev–Trinajstić information content (AvgIpc) is 2.45. The Morgan fingerprint density at radius 3 is 2.70 bits per heavy atom. The lowest BCUT2D eigenvalue weighted by atomic mass is 10.1. The summed E-state index contributed by atoms with van der Waals surface area (Å²) in [4.78, 5) is 16.3. The number of halogens is 1. The van der Waals surface area contributed by atoms with Gasteiger partial charge in [-0.05, 0) is 45.4 Å². The average molecular weight is 359 g/mol. The SMILES string of the molecule is C=C(C[C@@H](N[S+]([O-])C(C)(C)C)C(=O)OCC)c1cccc(Cl)n1. The zero-order chi connectivity index (χ0) is 17.6. The molecule has 128 valence electrons. The number of nitrogens with one attached hydrogen (secondary N) is 1. The van der Waals surface area contributed by atoms with Crippen LogP contribution in [0.3, 0.4) is 0 Å².